The smallest absolute Gasteiger partial charge is 0.270 e. The number of benzene rings is 1. The lowest BCUT2D eigenvalue weighted by Gasteiger charge is -2.27. The summed E-state index contributed by atoms with van der Waals surface area (Å²) in [7, 11) is 0. The van der Waals surface area contributed by atoms with E-state index in [2.05, 4.69) is 25.4 Å². The molecule has 1 aromatic carbocycles. The highest BCUT2D eigenvalue weighted by atomic mass is 19.1. The molecule has 1 atom stereocenters. The lowest BCUT2D eigenvalue weighted by molar-refractivity contribution is 0.0885. The van der Waals surface area contributed by atoms with Crippen LogP contribution in [-0.2, 0) is 12.1 Å². The van der Waals surface area contributed by atoms with Crippen molar-refractivity contribution in [1.82, 2.24) is 25.4 Å². The minimum atomic E-state index is -0.808. The van der Waals surface area contributed by atoms with Crippen LogP contribution >= 0.6 is 0 Å². The number of hydrogen-bond acceptors (Lipinski definition) is 7. The van der Waals surface area contributed by atoms with E-state index in [1.165, 1.54) is 18.5 Å². The number of hydrogen-bond donors (Lipinski definition) is 1. The summed E-state index contributed by atoms with van der Waals surface area (Å²) < 4.78 is 24.7. The molecule has 0 radical (unpaired) electrons. The number of ether oxygens (including phenoxy) is 1. The van der Waals surface area contributed by atoms with Crippen molar-refractivity contribution in [3.63, 3.8) is 0 Å². The van der Waals surface area contributed by atoms with Gasteiger partial charge in [-0.3, -0.25) is 4.79 Å². The largest absolute Gasteiger partial charge is 0.487 e. The first-order chi connectivity index (χ1) is 17.4. The molecule has 5 rings (SSSR count). The van der Waals surface area contributed by atoms with E-state index < -0.39 is 11.5 Å². The van der Waals surface area contributed by atoms with Gasteiger partial charge in [-0.2, -0.15) is 9.37 Å². The van der Waals surface area contributed by atoms with Gasteiger partial charge in [-0.25, -0.2) is 9.97 Å². The summed E-state index contributed by atoms with van der Waals surface area (Å²) in [6, 6.07) is 14.2. The molecular formula is C27H26FN5O3. The lowest BCUT2D eigenvalue weighted by atomic mass is 9.93. The molecule has 0 spiro atoms. The molecule has 3 heterocycles. The Balaban J connectivity index is 1.44. The van der Waals surface area contributed by atoms with Gasteiger partial charge in [0.25, 0.3) is 5.91 Å². The van der Waals surface area contributed by atoms with Crippen molar-refractivity contribution in [2.24, 2.45) is 5.92 Å². The van der Waals surface area contributed by atoms with Crippen molar-refractivity contribution in [2.75, 3.05) is 0 Å². The molecule has 1 unspecified atom stereocenters. The molecule has 1 aliphatic carbocycles. The Morgan fingerprint density at radius 3 is 2.64 bits per heavy atom. The van der Waals surface area contributed by atoms with Crippen LogP contribution in [0.4, 0.5) is 4.39 Å². The van der Waals surface area contributed by atoms with Crippen molar-refractivity contribution in [3.05, 3.63) is 89.8 Å². The van der Waals surface area contributed by atoms with Gasteiger partial charge in [0.1, 0.15) is 23.6 Å². The normalized spacial score (nSPS) is 14.8. The summed E-state index contributed by atoms with van der Waals surface area (Å²) in [6.07, 6.45) is 5.82. The molecule has 0 aliphatic heterocycles. The van der Waals surface area contributed by atoms with Crippen LogP contribution in [-0.4, -0.2) is 26.0 Å². The van der Waals surface area contributed by atoms with E-state index in [0.29, 0.717) is 47.5 Å². The van der Waals surface area contributed by atoms with Crippen molar-refractivity contribution in [3.8, 4) is 16.9 Å². The average molecular weight is 488 g/mol. The molecular weight excluding hydrogens is 461 g/mol. The molecule has 0 saturated heterocycles. The van der Waals surface area contributed by atoms with Crippen LogP contribution < -0.4 is 10.1 Å². The third-order valence-corrected chi connectivity index (χ3v) is 6.18. The van der Waals surface area contributed by atoms with E-state index in [4.69, 9.17) is 9.26 Å². The number of halogens is 1. The molecule has 9 heteroatoms. The highest BCUT2D eigenvalue weighted by Gasteiger charge is 2.39. The van der Waals surface area contributed by atoms with E-state index in [9.17, 15) is 9.18 Å². The fourth-order valence-electron chi connectivity index (χ4n) is 4.11. The van der Waals surface area contributed by atoms with E-state index in [-0.39, 0.29) is 11.6 Å². The minimum Gasteiger partial charge on any atom is -0.487 e. The van der Waals surface area contributed by atoms with Gasteiger partial charge < -0.3 is 14.6 Å². The highest BCUT2D eigenvalue weighted by molar-refractivity contribution is 5.94. The van der Waals surface area contributed by atoms with E-state index in [1.807, 2.05) is 37.3 Å². The van der Waals surface area contributed by atoms with Gasteiger partial charge in [-0.1, -0.05) is 48.3 Å². The van der Waals surface area contributed by atoms with Crippen LogP contribution in [0, 0.1) is 18.8 Å². The second-order valence-corrected chi connectivity index (χ2v) is 9.28. The molecule has 8 nitrogen and oxygen atoms in total. The molecule has 36 heavy (non-hydrogen) atoms. The van der Waals surface area contributed by atoms with E-state index in [1.54, 1.807) is 19.1 Å². The van der Waals surface area contributed by atoms with Crippen LogP contribution in [0.2, 0.25) is 0 Å². The molecule has 1 fully saturated rings. The Labute approximate surface area is 207 Å². The first-order valence-electron chi connectivity index (χ1n) is 11.8. The number of pyridine rings is 2. The van der Waals surface area contributed by atoms with Crippen LogP contribution in [0.15, 0.2) is 65.4 Å². The summed E-state index contributed by atoms with van der Waals surface area (Å²) in [6.45, 7) is 3.93. The summed E-state index contributed by atoms with van der Waals surface area (Å²) in [5.41, 5.74) is 1.54. The Morgan fingerprint density at radius 2 is 1.97 bits per heavy atom. The van der Waals surface area contributed by atoms with E-state index >= 15 is 0 Å². The topological polar surface area (TPSA) is 103 Å². The number of rotatable bonds is 9. The van der Waals surface area contributed by atoms with Crippen LogP contribution in [0.1, 0.15) is 54.0 Å². The lowest BCUT2D eigenvalue weighted by Crippen LogP contribution is -2.45. The molecule has 1 amide bonds. The van der Waals surface area contributed by atoms with Crippen molar-refractivity contribution >= 4 is 5.91 Å². The second-order valence-electron chi connectivity index (χ2n) is 9.28. The average Bonchev–Trinajstić information content (AvgIpc) is 3.58. The summed E-state index contributed by atoms with van der Waals surface area (Å²) in [4.78, 5) is 25.9. The number of aryl methyl sites for hydroxylation is 1. The standard InChI is InChI=1S/C27H26FN5O3/c1-17-31-26(33-36-17)27(2,13-18-8-9-18)32-25(34)22-12-21(20-10-11-24(28)30-14-20)23(15-29-22)35-16-19-6-4-3-5-7-19/h3-7,10-12,14-15,18H,8-9,13,16H2,1-2H3,(H,32,34). The second kappa shape index (κ2) is 9.85. The predicted octanol–water partition coefficient (Wildman–Crippen LogP) is 5.00. The predicted molar refractivity (Wildman–Crippen MR) is 129 cm³/mol. The maximum Gasteiger partial charge on any atom is 0.270 e. The van der Waals surface area contributed by atoms with Crippen molar-refractivity contribution < 1.29 is 18.4 Å². The van der Waals surface area contributed by atoms with Gasteiger partial charge in [0.2, 0.25) is 11.8 Å². The fourth-order valence-corrected chi connectivity index (χ4v) is 4.11. The maximum absolute atomic E-state index is 13.5. The van der Waals surface area contributed by atoms with Gasteiger partial charge in [0, 0.05) is 24.2 Å². The summed E-state index contributed by atoms with van der Waals surface area (Å²) >= 11 is 0. The molecule has 1 N–H and O–H groups in total. The zero-order valence-electron chi connectivity index (χ0n) is 20.1. The number of carbonyl (C=O) groups excluding carboxylic acids is 1. The van der Waals surface area contributed by atoms with Crippen LogP contribution in [0.3, 0.4) is 0 Å². The molecule has 4 aromatic rings. The van der Waals surface area contributed by atoms with Crippen LogP contribution in [0.5, 0.6) is 5.75 Å². The van der Waals surface area contributed by atoms with Crippen molar-refractivity contribution in [1.29, 1.82) is 0 Å². The number of amides is 1. The summed E-state index contributed by atoms with van der Waals surface area (Å²) in [5.74, 6) is 0.849. The number of nitrogens with zero attached hydrogens (tertiary/aromatic N) is 4. The Kier molecular flexibility index (Phi) is 6.45. The first kappa shape index (κ1) is 23.6. The Bertz CT molecular complexity index is 1360. The van der Waals surface area contributed by atoms with Crippen molar-refractivity contribution in [2.45, 2.75) is 45.3 Å². The van der Waals surface area contributed by atoms with Gasteiger partial charge in [-0.15, -0.1) is 0 Å². The number of aromatic nitrogens is 4. The zero-order chi connectivity index (χ0) is 25.1. The van der Waals surface area contributed by atoms with Gasteiger partial charge in [0.15, 0.2) is 5.82 Å². The number of carbonyl (C=O) groups is 1. The Morgan fingerprint density at radius 1 is 1.17 bits per heavy atom. The SMILES string of the molecule is Cc1nc(C(C)(CC2CC2)NC(=O)c2cc(-c3ccc(F)nc3)c(OCc3ccccc3)cn2)no1. The van der Waals surface area contributed by atoms with Gasteiger partial charge >= 0.3 is 0 Å². The molecule has 1 saturated carbocycles. The first-order valence-corrected chi connectivity index (χ1v) is 11.8. The molecule has 184 valence electrons. The maximum atomic E-state index is 13.5. The molecule has 0 bridgehead atoms. The highest BCUT2D eigenvalue weighted by Crippen LogP contribution is 2.40. The van der Waals surface area contributed by atoms with Gasteiger partial charge in [-0.05, 0) is 43.0 Å². The molecule has 1 aliphatic rings. The third-order valence-electron chi connectivity index (χ3n) is 6.18. The van der Waals surface area contributed by atoms with E-state index in [0.717, 1.165) is 18.4 Å². The zero-order valence-corrected chi connectivity index (χ0v) is 20.1. The molecule has 3 aromatic heterocycles. The fraction of sp³-hybridized carbons (Fsp3) is 0.296. The minimum absolute atomic E-state index is 0.184. The van der Waals surface area contributed by atoms with Crippen LogP contribution in [0.25, 0.3) is 11.1 Å². The number of nitrogens with one attached hydrogen (secondary N) is 1. The monoisotopic (exact) mass is 487 g/mol. The quantitative estimate of drug-likeness (QED) is 0.332. The summed E-state index contributed by atoms with van der Waals surface area (Å²) in [5, 5.41) is 7.14. The van der Waals surface area contributed by atoms with Gasteiger partial charge in [0.05, 0.1) is 6.20 Å². The third kappa shape index (κ3) is 5.40. The Hall–Kier alpha value is -4.14.